The van der Waals surface area contributed by atoms with E-state index < -0.39 is 9.84 Å². The summed E-state index contributed by atoms with van der Waals surface area (Å²) < 4.78 is 33.8. The summed E-state index contributed by atoms with van der Waals surface area (Å²) >= 11 is 7.63. The van der Waals surface area contributed by atoms with E-state index in [0.717, 1.165) is 45.6 Å². The van der Waals surface area contributed by atoms with Gasteiger partial charge in [0.15, 0.2) is 21.0 Å². The number of sulfone groups is 1. The molecule has 0 atom stereocenters. The van der Waals surface area contributed by atoms with Crippen LogP contribution in [0.2, 0.25) is 5.02 Å². The minimum Gasteiger partial charge on any atom is -0.428 e. The molecule has 2 aromatic carbocycles. The summed E-state index contributed by atoms with van der Waals surface area (Å²) in [4.78, 5) is 25.5. The lowest BCUT2D eigenvalue weighted by Gasteiger charge is -2.31. The van der Waals surface area contributed by atoms with Gasteiger partial charge in [0.05, 0.1) is 15.5 Å². The van der Waals surface area contributed by atoms with Crippen LogP contribution >= 0.6 is 22.9 Å². The average molecular weight is 577 g/mol. The minimum atomic E-state index is -3.59. The molecule has 0 spiro atoms. The van der Waals surface area contributed by atoms with Gasteiger partial charge in [-0.25, -0.2) is 8.42 Å². The van der Waals surface area contributed by atoms with Crippen molar-refractivity contribution in [3.05, 3.63) is 51.1 Å². The Labute approximate surface area is 232 Å². The van der Waals surface area contributed by atoms with E-state index in [1.807, 2.05) is 11.6 Å². The van der Waals surface area contributed by atoms with Crippen molar-refractivity contribution >= 4 is 55.9 Å². The summed E-state index contributed by atoms with van der Waals surface area (Å²) in [5.74, 6) is 0.616. The molecule has 0 unspecified atom stereocenters. The fraction of sp³-hybridized carbons (Fsp3) is 0.444. The maximum absolute atomic E-state index is 13.0. The SMILES string of the molecule is CCCN=COc1c(C2CCN(C(=O)CCS(=O)(=O)c3ccc4cc(Cl)ccc4c3)CC2)sc(=NC)n1C. The molecule has 3 aromatic rings. The zero-order chi connectivity index (χ0) is 27.3. The second kappa shape index (κ2) is 12.4. The first-order valence-electron chi connectivity index (χ1n) is 12.7. The summed E-state index contributed by atoms with van der Waals surface area (Å²) in [6.45, 7) is 3.92. The average Bonchev–Trinajstić information content (AvgIpc) is 3.24. The van der Waals surface area contributed by atoms with Gasteiger partial charge in [-0.05, 0) is 54.3 Å². The number of thiazole rings is 1. The lowest BCUT2D eigenvalue weighted by molar-refractivity contribution is -0.131. The Morgan fingerprint density at radius 3 is 2.61 bits per heavy atom. The number of carbonyl (C=O) groups excluding carboxylic acids is 1. The van der Waals surface area contributed by atoms with Gasteiger partial charge in [-0.1, -0.05) is 42.0 Å². The number of aromatic nitrogens is 1. The Bertz CT molecular complexity index is 1500. The van der Waals surface area contributed by atoms with Gasteiger partial charge < -0.3 is 9.64 Å². The first-order valence-corrected chi connectivity index (χ1v) is 15.6. The molecule has 1 fully saturated rings. The number of aliphatic imine (C=N–C) groups is 1. The third-order valence-corrected chi connectivity index (χ3v) is 10.0. The summed E-state index contributed by atoms with van der Waals surface area (Å²) in [5, 5.41) is 2.27. The Hall–Kier alpha value is -2.69. The highest BCUT2D eigenvalue weighted by Gasteiger charge is 2.29. The number of fused-ring (bicyclic) bond motifs is 1. The number of carbonyl (C=O) groups is 1. The highest BCUT2D eigenvalue weighted by atomic mass is 35.5. The van der Waals surface area contributed by atoms with Crippen LogP contribution in [0.4, 0.5) is 0 Å². The number of rotatable bonds is 9. The van der Waals surface area contributed by atoms with E-state index >= 15 is 0 Å². The van der Waals surface area contributed by atoms with E-state index in [2.05, 4.69) is 16.9 Å². The number of hydrogen-bond donors (Lipinski definition) is 0. The lowest BCUT2D eigenvalue weighted by atomic mass is 9.95. The quantitative estimate of drug-likeness (QED) is 0.270. The Morgan fingerprint density at radius 2 is 1.89 bits per heavy atom. The van der Waals surface area contributed by atoms with Gasteiger partial charge in [-0.3, -0.25) is 19.3 Å². The number of piperidine rings is 1. The number of halogens is 1. The van der Waals surface area contributed by atoms with Crippen molar-refractivity contribution in [1.29, 1.82) is 0 Å². The molecule has 8 nitrogen and oxygen atoms in total. The number of likely N-dealkylation sites (tertiary alicyclic amines) is 1. The zero-order valence-corrected chi connectivity index (χ0v) is 24.3. The third kappa shape index (κ3) is 6.47. The molecule has 1 aromatic heterocycles. The van der Waals surface area contributed by atoms with E-state index in [-0.39, 0.29) is 28.9 Å². The van der Waals surface area contributed by atoms with Crippen LogP contribution in [-0.2, 0) is 21.7 Å². The Morgan fingerprint density at radius 1 is 1.18 bits per heavy atom. The van der Waals surface area contributed by atoms with Crippen LogP contribution in [0.1, 0.15) is 43.4 Å². The molecule has 1 amide bonds. The van der Waals surface area contributed by atoms with Gasteiger partial charge in [0.25, 0.3) is 0 Å². The van der Waals surface area contributed by atoms with Crippen molar-refractivity contribution < 1.29 is 17.9 Å². The molecule has 0 aliphatic carbocycles. The smallest absolute Gasteiger partial charge is 0.223 e. The molecule has 0 saturated carbocycles. The van der Waals surface area contributed by atoms with Crippen molar-refractivity contribution in [2.24, 2.45) is 17.0 Å². The van der Waals surface area contributed by atoms with Crippen molar-refractivity contribution in [2.75, 3.05) is 32.4 Å². The van der Waals surface area contributed by atoms with Crippen LogP contribution in [0.5, 0.6) is 5.88 Å². The molecular weight excluding hydrogens is 544 g/mol. The van der Waals surface area contributed by atoms with Crippen LogP contribution < -0.4 is 9.54 Å². The van der Waals surface area contributed by atoms with Crippen molar-refractivity contribution in [1.82, 2.24) is 9.47 Å². The van der Waals surface area contributed by atoms with Crippen LogP contribution in [0, 0.1) is 0 Å². The Kier molecular flexibility index (Phi) is 9.27. The molecule has 1 aliphatic rings. The monoisotopic (exact) mass is 576 g/mol. The predicted molar refractivity (Wildman–Crippen MR) is 153 cm³/mol. The zero-order valence-electron chi connectivity index (χ0n) is 21.9. The topological polar surface area (TPSA) is 93.3 Å². The normalized spacial score (nSPS) is 15.6. The molecule has 0 bridgehead atoms. The van der Waals surface area contributed by atoms with Crippen molar-refractivity contribution in [3.63, 3.8) is 0 Å². The molecule has 1 saturated heterocycles. The van der Waals surface area contributed by atoms with Crippen LogP contribution in [0.15, 0.2) is 51.3 Å². The number of hydrogen-bond acceptors (Lipinski definition) is 7. The number of amides is 1. The van der Waals surface area contributed by atoms with E-state index in [1.54, 1.807) is 59.7 Å². The van der Waals surface area contributed by atoms with Gasteiger partial charge in [0, 0.05) is 51.1 Å². The van der Waals surface area contributed by atoms with E-state index in [4.69, 9.17) is 16.3 Å². The second-order valence-corrected chi connectivity index (χ2v) is 12.9. The van der Waals surface area contributed by atoms with Crippen LogP contribution in [0.25, 0.3) is 10.8 Å². The summed E-state index contributed by atoms with van der Waals surface area (Å²) in [6.07, 6.45) is 3.96. The fourth-order valence-corrected chi connectivity index (χ4v) is 7.22. The summed E-state index contributed by atoms with van der Waals surface area (Å²) in [6, 6.07) is 10.3. The van der Waals surface area contributed by atoms with Gasteiger partial charge >= 0.3 is 0 Å². The maximum Gasteiger partial charge on any atom is 0.223 e. The number of nitrogens with zero attached hydrogens (tertiary/aromatic N) is 4. The van der Waals surface area contributed by atoms with E-state index in [1.165, 1.54) is 6.40 Å². The molecule has 2 heterocycles. The molecular formula is C27H33ClN4O4S2. The lowest BCUT2D eigenvalue weighted by Crippen LogP contribution is -2.38. The first-order chi connectivity index (χ1) is 18.2. The van der Waals surface area contributed by atoms with Gasteiger partial charge in [0.1, 0.15) is 0 Å². The highest BCUT2D eigenvalue weighted by Crippen LogP contribution is 2.36. The van der Waals surface area contributed by atoms with Crippen molar-refractivity contribution in [2.45, 2.75) is 43.4 Å². The maximum atomic E-state index is 13.0. The molecule has 0 radical (unpaired) electrons. The standard InChI is InChI=1S/C27H33ClN4O4S2/c1-4-12-30-18-36-26-25(37-27(29-2)31(26)3)19-9-13-32(14-10-19)24(33)11-15-38(34,35)23-8-6-20-16-22(28)7-5-21(20)17-23/h5-8,16-19H,4,9-15H2,1-3H3. The van der Waals surface area contributed by atoms with Gasteiger partial charge in [-0.15, -0.1) is 0 Å². The van der Waals surface area contributed by atoms with Gasteiger partial charge in [0.2, 0.25) is 11.8 Å². The molecule has 11 heteroatoms. The van der Waals surface area contributed by atoms with E-state index in [0.29, 0.717) is 24.7 Å². The summed E-state index contributed by atoms with van der Waals surface area (Å²) in [7, 11) is 0.0891. The largest absolute Gasteiger partial charge is 0.428 e. The van der Waals surface area contributed by atoms with E-state index in [9.17, 15) is 13.2 Å². The molecule has 0 N–H and O–H groups in total. The molecule has 4 rings (SSSR count). The van der Waals surface area contributed by atoms with Crippen LogP contribution in [0.3, 0.4) is 0 Å². The van der Waals surface area contributed by atoms with Crippen LogP contribution in [-0.4, -0.2) is 62.6 Å². The summed E-state index contributed by atoms with van der Waals surface area (Å²) in [5.41, 5.74) is 0. The molecule has 204 valence electrons. The first kappa shape index (κ1) is 28.3. The third-order valence-electron chi connectivity index (χ3n) is 6.72. The minimum absolute atomic E-state index is 0.0409. The predicted octanol–water partition coefficient (Wildman–Crippen LogP) is 4.81. The fourth-order valence-electron chi connectivity index (χ4n) is 4.60. The number of benzene rings is 2. The molecule has 38 heavy (non-hydrogen) atoms. The van der Waals surface area contributed by atoms with Crippen molar-refractivity contribution in [3.8, 4) is 5.88 Å². The number of ether oxygens (including phenoxy) is 1. The highest BCUT2D eigenvalue weighted by molar-refractivity contribution is 7.91. The van der Waals surface area contributed by atoms with Gasteiger partial charge in [-0.2, -0.15) is 0 Å². The second-order valence-electron chi connectivity index (χ2n) is 9.34. The Balaban J connectivity index is 1.37. The molecule has 1 aliphatic heterocycles.